The van der Waals surface area contributed by atoms with Crippen LogP contribution < -0.4 is 11.2 Å². The minimum atomic E-state index is -0.386. The lowest BCUT2D eigenvalue weighted by Crippen LogP contribution is -2.48. The van der Waals surface area contributed by atoms with E-state index in [0.29, 0.717) is 23.4 Å². The number of carbonyl (C=O) groups is 1. The summed E-state index contributed by atoms with van der Waals surface area (Å²) in [5.74, 6) is 0.184. The molecule has 6 heteroatoms. The Morgan fingerprint density at radius 1 is 1.00 bits per heavy atom. The van der Waals surface area contributed by atoms with Crippen molar-refractivity contribution in [1.82, 2.24) is 9.13 Å². The minimum Gasteiger partial charge on any atom is -0.273 e. The molecular formula is C15H18N2O3S. The van der Waals surface area contributed by atoms with Crippen LogP contribution >= 0.6 is 11.8 Å². The Balaban J connectivity index is 1.97. The molecule has 0 saturated heterocycles. The second-order valence-electron chi connectivity index (χ2n) is 6.18. The molecule has 1 aliphatic heterocycles. The third kappa shape index (κ3) is 1.88. The molecule has 1 aromatic heterocycles. The van der Waals surface area contributed by atoms with Gasteiger partial charge in [0.25, 0.3) is 5.56 Å². The van der Waals surface area contributed by atoms with Crippen LogP contribution in [-0.2, 0) is 6.42 Å². The van der Waals surface area contributed by atoms with Crippen molar-refractivity contribution < 1.29 is 4.79 Å². The Labute approximate surface area is 126 Å². The van der Waals surface area contributed by atoms with E-state index in [2.05, 4.69) is 0 Å². The van der Waals surface area contributed by atoms with Crippen LogP contribution in [0.4, 0.5) is 0 Å². The van der Waals surface area contributed by atoms with Crippen molar-refractivity contribution >= 4 is 17.7 Å². The summed E-state index contributed by atoms with van der Waals surface area (Å²) < 4.78 is 2.72. The topological polar surface area (TPSA) is 61.1 Å². The number of aromatic nitrogens is 2. The molecule has 3 aliphatic rings. The van der Waals surface area contributed by atoms with E-state index in [1.54, 1.807) is 11.8 Å². The predicted octanol–water partition coefficient (Wildman–Crippen LogP) is 1.89. The number of thioether (sulfide) groups is 1. The number of carbonyl (C=O) groups excluding carboxylic acids is 1. The van der Waals surface area contributed by atoms with E-state index in [4.69, 9.17) is 0 Å². The van der Waals surface area contributed by atoms with Gasteiger partial charge in [-0.1, -0.05) is 19.3 Å². The lowest BCUT2D eigenvalue weighted by molar-refractivity contribution is 0.0925. The predicted molar refractivity (Wildman–Crippen MR) is 81.2 cm³/mol. The molecule has 0 radical (unpaired) electrons. The van der Waals surface area contributed by atoms with Gasteiger partial charge in [0, 0.05) is 16.9 Å². The highest BCUT2D eigenvalue weighted by Gasteiger charge is 2.37. The van der Waals surface area contributed by atoms with Crippen LogP contribution in [-0.4, -0.2) is 20.8 Å². The molecule has 0 N–H and O–H groups in total. The Morgan fingerprint density at radius 2 is 1.76 bits per heavy atom. The zero-order valence-corrected chi connectivity index (χ0v) is 12.7. The van der Waals surface area contributed by atoms with Crippen molar-refractivity contribution in [2.45, 2.75) is 56.2 Å². The number of hydrogen-bond acceptors (Lipinski definition) is 4. The first-order valence-corrected chi connectivity index (χ1v) is 8.78. The fraction of sp³-hybridized carbons (Fsp3) is 0.667. The van der Waals surface area contributed by atoms with E-state index < -0.39 is 0 Å². The van der Waals surface area contributed by atoms with Gasteiger partial charge in [-0.2, -0.15) is 0 Å². The van der Waals surface area contributed by atoms with Crippen molar-refractivity contribution in [3.63, 3.8) is 0 Å². The summed E-state index contributed by atoms with van der Waals surface area (Å²) in [7, 11) is 0. The summed E-state index contributed by atoms with van der Waals surface area (Å²) in [6.07, 6.45) is 6.60. The summed E-state index contributed by atoms with van der Waals surface area (Å²) >= 11 is 1.57. The zero-order valence-electron chi connectivity index (χ0n) is 11.8. The number of hydrogen-bond donors (Lipinski definition) is 0. The van der Waals surface area contributed by atoms with Crippen LogP contribution in [0.2, 0.25) is 0 Å². The maximum absolute atomic E-state index is 12.8. The second-order valence-corrected chi connectivity index (χ2v) is 7.37. The Bertz CT molecular complexity index is 728. The standard InChI is InChI=1S/C15H18N2O3S/c18-12-8-21-11-7-6-10-13(11)17(12)15(20)16(14(10)19)9-4-2-1-3-5-9/h9,11H,1-8H2. The molecule has 5 nitrogen and oxygen atoms in total. The van der Waals surface area contributed by atoms with Crippen LogP contribution in [0.3, 0.4) is 0 Å². The number of rotatable bonds is 1. The Hall–Kier alpha value is -1.30. The molecule has 1 atom stereocenters. The third-order valence-corrected chi connectivity index (χ3v) is 6.26. The smallest absolute Gasteiger partial charge is 0.273 e. The molecule has 1 unspecified atom stereocenters. The minimum absolute atomic E-state index is 0.0192. The molecule has 1 fully saturated rings. The summed E-state index contributed by atoms with van der Waals surface area (Å²) in [6, 6.07) is -0.0192. The lowest BCUT2D eigenvalue weighted by Gasteiger charge is -2.27. The van der Waals surface area contributed by atoms with Gasteiger partial charge >= 0.3 is 5.69 Å². The van der Waals surface area contributed by atoms with E-state index in [0.717, 1.165) is 32.1 Å². The second kappa shape index (κ2) is 4.87. The number of nitrogens with zero attached hydrogens (tertiary/aromatic N) is 2. The quantitative estimate of drug-likeness (QED) is 0.795. The maximum atomic E-state index is 12.8. The average Bonchev–Trinajstić information content (AvgIpc) is 2.91. The summed E-state index contributed by atoms with van der Waals surface area (Å²) in [5, 5.41) is 0.152. The largest absolute Gasteiger partial charge is 0.338 e. The molecule has 0 spiro atoms. The van der Waals surface area contributed by atoms with Gasteiger partial charge in [0.1, 0.15) is 0 Å². The summed E-state index contributed by atoms with van der Waals surface area (Å²) in [4.78, 5) is 37.7. The first-order valence-electron chi connectivity index (χ1n) is 7.73. The van der Waals surface area contributed by atoms with Gasteiger partial charge in [-0.15, -0.1) is 11.8 Å². The molecule has 112 valence electrons. The Kier molecular flexibility index (Phi) is 3.10. The third-order valence-electron chi connectivity index (χ3n) is 4.98. The van der Waals surface area contributed by atoms with Gasteiger partial charge in [-0.25, -0.2) is 9.36 Å². The summed E-state index contributed by atoms with van der Waals surface area (Å²) in [5.41, 5.74) is 0.905. The van der Waals surface area contributed by atoms with Crippen molar-refractivity contribution in [3.8, 4) is 0 Å². The Morgan fingerprint density at radius 3 is 2.52 bits per heavy atom. The first-order chi connectivity index (χ1) is 10.2. The fourth-order valence-corrected chi connectivity index (χ4v) is 5.14. The van der Waals surface area contributed by atoms with Crippen LogP contribution in [0, 0.1) is 0 Å². The van der Waals surface area contributed by atoms with Crippen LogP contribution in [0.25, 0.3) is 0 Å². The van der Waals surface area contributed by atoms with Crippen molar-refractivity contribution in [2.24, 2.45) is 0 Å². The van der Waals surface area contributed by atoms with Gasteiger partial charge in [-0.05, 0) is 25.7 Å². The van der Waals surface area contributed by atoms with E-state index in [9.17, 15) is 14.4 Å². The highest BCUT2D eigenvalue weighted by Crippen LogP contribution is 2.42. The molecule has 0 amide bonds. The molecule has 1 aromatic rings. The maximum Gasteiger partial charge on any atom is 0.338 e. The monoisotopic (exact) mass is 306 g/mol. The molecular weight excluding hydrogens is 288 g/mol. The van der Waals surface area contributed by atoms with Crippen molar-refractivity contribution in [2.75, 3.05) is 5.75 Å². The van der Waals surface area contributed by atoms with Gasteiger partial charge < -0.3 is 0 Å². The zero-order chi connectivity index (χ0) is 14.6. The van der Waals surface area contributed by atoms with Crippen molar-refractivity contribution in [3.05, 3.63) is 32.1 Å². The summed E-state index contributed by atoms with van der Waals surface area (Å²) in [6.45, 7) is 0. The average molecular weight is 306 g/mol. The SMILES string of the molecule is O=C1CSC2CCc3c2n1c(=O)n(C1CCCCC1)c3=O. The highest BCUT2D eigenvalue weighted by atomic mass is 32.2. The van der Waals surface area contributed by atoms with Gasteiger partial charge in [0.05, 0.1) is 11.4 Å². The van der Waals surface area contributed by atoms with Crippen LogP contribution in [0.5, 0.6) is 0 Å². The molecule has 2 aliphatic carbocycles. The van der Waals surface area contributed by atoms with E-state index in [1.807, 2.05) is 0 Å². The molecule has 21 heavy (non-hydrogen) atoms. The van der Waals surface area contributed by atoms with Gasteiger partial charge in [0.15, 0.2) is 0 Å². The van der Waals surface area contributed by atoms with E-state index >= 15 is 0 Å². The molecule has 1 saturated carbocycles. The molecule has 0 bridgehead atoms. The van der Waals surface area contributed by atoms with Gasteiger partial charge in [-0.3, -0.25) is 14.2 Å². The van der Waals surface area contributed by atoms with Crippen molar-refractivity contribution in [1.29, 1.82) is 0 Å². The fourth-order valence-electron chi connectivity index (χ4n) is 3.97. The van der Waals surface area contributed by atoms with E-state index in [-0.39, 0.29) is 28.4 Å². The van der Waals surface area contributed by atoms with Crippen LogP contribution in [0.1, 0.15) is 65.9 Å². The normalized spacial score (nSPS) is 25.1. The highest BCUT2D eigenvalue weighted by molar-refractivity contribution is 8.00. The lowest BCUT2D eigenvalue weighted by atomic mass is 9.95. The van der Waals surface area contributed by atoms with Crippen LogP contribution in [0.15, 0.2) is 9.59 Å². The molecule has 4 rings (SSSR count). The van der Waals surface area contributed by atoms with E-state index in [1.165, 1.54) is 15.6 Å². The molecule has 2 heterocycles. The molecule has 0 aromatic carbocycles. The first kappa shape index (κ1) is 13.4. The van der Waals surface area contributed by atoms with Gasteiger partial charge in [0.2, 0.25) is 5.91 Å².